The van der Waals surface area contributed by atoms with Gasteiger partial charge < -0.3 is 23.7 Å². The highest BCUT2D eigenvalue weighted by Gasteiger charge is 2.18. The van der Waals surface area contributed by atoms with E-state index < -0.39 is 0 Å². The van der Waals surface area contributed by atoms with E-state index in [1.54, 1.807) is 88.9 Å². The second-order valence-corrected chi connectivity index (χ2v) is 7.13. The molecule has 3 aromatic rings. The fourth-order valence-corrected chi connectivity index (χ4v) is 3.10. The third kappa shape index (κ3) is 5.07. The lowest BCUT2D eigenvalue weighted by atomic mass is 10.1. The van der Waals surface area contributed by atoms with E-state index in [1.807, 2.05) is 0 Å². The summed E-state index contributed by atoms with van der Waals surface area (Å²) in [7, 11) is 0. The molecule has 0 N–H and O–H groups in total. The molecule has 0 saturated carbocycles. The Morgan fingerprint density at radius 1 is 0.515 bits per heavy atom. The minimum atomic E-state index is 0.101. The first kappa shape index (κ1) is 22.8. The van der Waals surface area contributed by atoms with Crippen molar-refractivity contribution in [3.8, 4) is 59.0 Å². The first-order chi connectivity index (χ1) is 15.9. The summed E-state index contributed by atoms with van der Waals surface area (Å²) in [6.45, 7) is 7.19. The molecule has 3 aromatic carbocycles. The summed E-state index contributed by atoms with van der Waals surface area (Å²) < 4.78 is 27.2. The number of aryl methyl sites for hydroxylation is 4. The smallest absolute Gasteiger partial charge is 0.292 e. The van der Waals surface area contributed by atoms with Crippen molar-refractivity contribution >= 4 is 0 Å². The normalized spacial score (nSPS) is 9.73. The van der Waals surface area contributed by atoms with Crippen LogP contribution in [0.3, 0.4) is 0 Å². The zero-order valence-corrected chi connectivity index (χ0v) is 18.4. The molecular formula is C25H19N3O5. The SMILES string of the molecule is Cc1cc(Oc2cccc(Oc3cc(C)c(OC#N)cc3C)c2OC#N)c(C)cc1OC#N. The molecule has 0 aliphatic rings. The predicted molar refractivity (Wildman–Crippen MR) is 117 cm³/mol. The lowest BCUT2D eigenvalue weighted by Gasteiger charge is -2.17. The van der Waals surface area contributed by atoms with Crippen LogP contribution in [0.2, 0.25) is 0 Å². The molecule has 0 bridgehead atoms. The Hall–Kier alpha value is -4.87. The molecule has 8 nitrogen and oxygen atoms in total. The first-order valence-electron chi connectivity index (χ1n) is 9.77. The maximum atomic E-state index is 9.21. The first-order valence-corrected chi connectivity index (χ1v) is 9.77. The summed E-state index contributed by atoms with van der Waals surface area (Å²) in [6, 6.07) is 11.8. The van der Waals surface area contributed by atoms with Crippen LogP contribution in [-0.4, -0.2) is 0 Å². The lowest BCUT2D eigenvalue weighted by molar-refractivity contribution is 0.392. The summed E-state index contributed by atoms with van der Waals surface area (Å²) in [5, 5.41) is 26.8. The molecular weight excluding hydrogens is 422 g/mol. The summed E-state index contributed by atoms with van der Waals surface area (Å²) in [6.07, 6.45) is 4.99. The van der Waals surface area contributed by atoms with Crippen LogP contribution in [0, 0.1) is 62.2 Å². The van der Waals surface area contributed by atoms with Gasteiger partial charge in [-0.05, 0) is 86.3 Å². The van der Waals surface area contributed by atoms with E-state index in [1.165, 1.54) is 0 Å². The molecule has 0 aliphatic heterocycles. The summed E-state index contributed by atoms with van der Waals surface area (Å²) in [4.78, 5) is 0. The maximum absolute atomic E-state index is 9.21. The Kier molecular flexibility index (Phi) is 6.88. The van der Waals surface area contributed by atoms with E-state index in [0.29, 0.717) is 34.1 Å². The molecule has 33 heavy (non-hydrogen) atoms. The van der Waals surface area contributed by atoms with Gasteiger partial charge in [-0.3, -0.25) is 0 Å². The number of hydrogen-bond donors (Lipinski definition) is 0. The fraction of sp³-hybridized carbons (Fsp3) is 0.160. The molecule has 0 aliphatic carbocycles. The van der Waals surface area contributed by atoms with Crippen LogP contribution in [-0.2, 0) is 0 Å². The molecule has 0 aromatic heterocycles. The van der Waals surface area contributed by atoms with Crippen LogP contribution in [0.15, 0.2) is 42.5 Å². The molecule has 0 unspecified atom stereocenters. The number of ether oxygens (including phenoxy) is 5. The van der Waals surface area contributed by atoms with E-state index in [0.717, 1.165) is 11.1 Å². The van der Waals surface area contributed by atoms with Crippen molar-refractivity contribution in [2.24, 2.45) is 0 Å². The van der Waals surface area contributed by atoms with Crippen molar-refractivity contribution in [3.05, 3.63) is 64.7 Å². The van der Waals surface area contributed by atoms with Gasteiger partial charge in [0.05, 0.1) is 0 Å². The van der Waals surface area contributed by atoms with Crippen molar-refractivity contribution < 1.29 is 23.7 Å². The summed E-state index contributed by atoms with van der Waals surface area (Å²) in [5.41, 5.74) is 2.86. The van der Waals surface area contributed by atoms with Crippen molar-refractivity contribution in [1.29, 1.82) is 15.8 Å². The quantitative estimate of drug-likeness (QED) is 0.405. The topological polar surface area (TPSA) is 118 Å². The van der Waals surface area contributed by atoms with Crippen molar-refractivity contribution in [2.75, 3.05) is 0 Å². The van der Waals surface area contributed by atoms with Gasteiger partial charge in [0, 0.05) is 0 Å². The molecule has 0 heterocycles. The molecule has 0 atom stereocenters. The third-order valence-corrected chi connectivity index (χ3v) is 4.79. The largest absolute Gasteiger partial charge is 0.453 e. The number of benzene rings is 3. The Morgan fingerprint density at radius 3 is 1.27 bits per heavy atom. The van der Waals surface area contributed by atoms with Gasteiger partial charge >= 0.3 is 0 Å². The lowest BCUT2D eigenvalue weighted by Crippen LogP contribution is -1.97. The second-order valence-electron chi connectivity index (χ2n) is 7.13. The monoisotopic (exact) mass is 441 g/mol. The van der Waals surface area contributed by atoms with Crippen LogP contribution >= 0.6 is 0 Å². The average molecular weight is 441 g/mol. The predicted octanol–water partition coefficient (Wildman–Crippen LogP) is 6.08. The van der Waals surface area contributed by atoms with Crippen LogP contribution in [0.5, 0.6) is 40.2 Å². The average Bonchev–Trinajstić information content (AvgIpc) is 2.77. The summed E-state index contributed by atoms with van der Waals surface area (Å²) in [5.74, 6) is 2.51. The molecule has 8 heteroatoms. The Bertz CT molecular complexity index is 1240. The van der Waals surface area contributed by atoms with E-state index in [9.17, 15) is 5.26 Å². The highest BCUT2D eigenvalue weighted by atomic mass is 16.5. The van der Waals surface area contributed by atoms with Gasteiger partial charge in [-0.1, -0.05) is 6.07 Å². The third-order valence-electron chi connectivity index (χ3n) is 4.79. The number of rotatable bonds is 7. The molecule has 0 saturated heterocycles. The molecule has 0 spiro atoms. The maximum Gasteiger partial charge on any atom is 0.292 e. The van der Waals surface area contributed by atoms with Gasteiger partial charge in [-0.2, -0.15) is 0 Å². The number of para-hydroxylation sites is 1. The highest BCUT2D eigenvalue weighted by Crippen LogP contribution is 2.43. The minimum absolute atomic E-state index is 0.101. The number of nitrogens with zero attached hydrogens (tertiary/aromatic N) is 3. The standard InChI is InChI=1S/C25H19N3O5/c1-15-10-23(17(3)8-21(15)29-12-26)32-19-6-5-7-20(25(19)31-14-28)33-24-11-16(2)22(30-13-27)9-18(24)4/h5-11H,1-4H3. The van der Waals surface area contributed by atoms with Gasteiger partial charge in [0.2, 0.25) is 5.75 Å². The molecule has 3 rings (SSSR count). The number of hydrogen-bond acceptors (Lipinski definition) is 8. The van der Waals surface area contributed by atoms with Crippen LogP contribution < -0.4 is 23.7 Å². The minimum Gasteiger partial charge on any atom is -0.453 e. The molecule has 0 amide bonds. The van der Waals surface area contributed by atoms with Crippen molar-refractivity contribution in [2.45, 2.75) is 27.7 Å². The van der Waals surface area contributed by atoms with Crippen molar-refractivity contribution in [3.63, 3.8) is 0 Å². The zero-order valence-electron chi connectivity index (χ0n) is 18.4. The van der Waals surface area contributed by atoms with Gasteiger partial charge in [0.15, 0.2) is 11.5 Å². The Balaban J connectivity index is 1.99. The Morgan fingerprint density at radius 2 is 0.879 bits per heavy atom. The van der Waals surface area contributed by atoms with Gasteiger partial charge in [-0.15, -0.1) is 15.8 Å². The molecule has 164 valence electrons. The van der Waals surface area contributed by atoms with Gasteiger partial charge in [0.1, 0.15) is 23.0 Å². The van der Waals surface area contributed by atoms with E-state index in [2.05, 4.69) is 0 Å². The molecule has 0 fully saturated rings. The fourth-order valence-electron chi connectivity index (χ4n) is 3.10. The van der Waals surface area contributed by atoms with Crippen LogP contribution in [0.1, 0.15) is 22.3 Å². The molecule has 0 radical (unpaired) electrons. The van der Waals surface area contributed by atoms with Crippen LogP contribution in [0.4, 0.5) is 0 Å². The second kappa shape index (κ2) is 9.96. The Labute approximate surface area is 191 Å². The number of nitriles is 3. The van der Waals surface area contributed by atoms with E-state index in [-0.39, 0.29) is 17.2 Å². The van der Waals surface area contributed by atoms with E-state index in [4.69, 9.17) is 34.2 Å². The zero-order chi connectivity index (χ0) is 24.0. The van der Waals surface area contributed by atoms with E-state index >= 15 is 0 Å². The highest BCUT2D eigenvalue weighted by molar-refractivity contribution is 5.57. The van der Waals surface area contributed by atoms with Gasteiger partial charge in [-0.25, -0.2) is 0 Å². The van der Waals surface area contributed by atoms with Crippen LogP contribution in [0.25, 0.3) is 0 Å². The summed E-state index contributed by atoms with van der Waals surface area (Å²) >= 11 is 0. The van der Waals surface area contributed by atoms with Crippen molar-refractivity contribution in [1.82, 2.24) is 0 Å². The van der Waals surface area contributed by atoms with Gasteiger partial charge in [0.25, 0.3) is 18.8 Å².